The predicted molar refractivity (Wildman–Crippen MR) is 149 cm³/mol. The number of amides is 1. The molecule has 0 saturated heterocycles. The molecule has 2 aliphatic heterocycles. The molecule has 7 nitrogen and oxygen atoms in total. The monoisotopic (exact) mass is 646 g/mol. The van der Waals surface area contributed by atoms with Crippen LogP contribution >= 0.6 is 11.8 Å². The normalized spacial score (nSPS) is 16.8. The molecule has 2 aromatic heterocycles. The van der Waals surface area contributed by atoms with Crippen molar-refractivity contribution in [3.8, 4) is 11.4 Å². The van der Waals surface area contributed by atoms with Crippen LogP contribution in [0.5, 0.6) is 0 Å². The fourth-order valence-corrected chi connectivity index (χ4v) is 7.00. The molecule has 4 heterocycles. The molecule has 1 aromatic carbocycles. The largest absolute Gasteiger partial charge is 0.479 e. The molecule has 0 saturated carbocycles. The zero-order valence-corrected chi connectivity index (χ0v) is 25.8. The third-order valence-corrected chi connectivity index (χ3v) is 9.23. The van der Waals surface area contributed by atoms with E-state index in [0.29, 0.717) is 77.0 Å². The van der Waals surface area contributed by atoms with Gasteiger partial charge in [-0.05, 0) is 47.3 Å². The number of nitrogens with one attached hydrogen (secondary N) is 1. The van der Waals surface area contributed by atoms with Crippen molar-refractivity contribution in [2.45, 2.75) is 77.8 Å². The second kappa shape index (κ2) is 11.0. The second-order valence-corrected chi connectivity index (χ2v) is 12.4. The number of nitrogens with zero attached hydrogens (tertiary/aromatic N) is 2. The predicted octanol–water partition coefficient (Wildman–Crippen LogP) is 4.89. The molecule has 3 aromatic rings. The molecule has 0 unspecified atom stereocenters. The number of carbonyl (C=O) groups is 2. The Kier molecular flexibility index (Phi) is 7.92. The van der Waals surface area contributed by atoms with Crippen LogP contribution in [-0.2, 0) is 55.0 Å². The van der Waals surface area contributed by atoms with Gasteiger partial charge in [0.2, 0.25) is 11.5 Å². The molecule has 0 fully saturated rings. The first-order chi connectivity index (χ1) is 18.7. The summed E-state index contributed by atoms with van der Waals surface area (Å²) in [7, 11) is 0. The van der Waals surface area contributed by atoms with Gasteiger partial charge in [-0.15, -0.1) is 6.07 Å². The van der Waals surface area contributed by atoms with E-state index in [-0.39, 0.29) is 51.0 Å². The molecular formula is C30H31FMoN3O4S-. The van der Waals surface area contributed by atoms with Gasteiger partial charge < -0.3 is 14.6 Å². The standard InChI is InChI=1S/C30H31FN3O4S.Mo/c1-5-16-18-10-24-28-19(12-34(24)29(36)20(18)13-38-30(16)37)27-22(32-25(35)8-9-39-14(2)3)7-6-17-15(4)21(31)11-23(33-28)26(17)27;/h10-11,14,22H,5-9,12-13H2,1-4H3,(H,32,35);/q-1;/t22-;/m0./s1. The number of benzene rings is 1. The van der Waals surface area contributed by atoms with E-state index in [9.17, 15) is 14.4 Å². The molecule has 0 radical (unpaired) electrons. The van der Waals surface area contributed by atoms with Gasteiger partial charge in [0.1, 0.15) is 5.82 Å². The van der Waals surface area contributed by atoms with Crippen molar-refractivity contribution in [3.63, 3.8) is 0 Å². The van der Waals surface area contributed by atoms with Gasteiger partial charge in [0.15, 0.2) is 0 Å². The Labute approximate surface area is 250 Å². The number of aryl methyl sites for hydroxylation is 1. The summed E-state index contributed by atoms with van der Waals surface area (Å²) in [6.45, 7) is 8.11. The maximum absolute atomic E-state index is 15.0. The van der Waals surface area contributed by atoms with Gasteiger partial charge in [-0.3, -0.25) is 14.4 Å². The van der Waals surface area contributed by atoms with E-state index >= 15 is 4.39 Å². The summed E-state index contributed by atoms with van der Waals surface area (Å²) < 4.78 is 22.0. The summed E-state index contributed by atoms with van der Waals surface area (Å²) in [6.07, 6.45) is 2.13. The van der Waals surface area contributed by atoms with Crippen LogP contribution in [0.4, 0.5) is 4.39 Å². The van der Waals surface area contributed by atoms with Crippen molar-refractivity contribution >= 4 is 34.5 Å². The first-order valence-corrected chi connectivity index (χ1v) is 14.6. The first-order valence-electron chi connectivity index (χ1n) is 13.5. The molecule has 210 valence electrons. The smallest absolute Gasteiger partial charge is 0.277 e. The van der Waals surface area contributed by atoms with Crippen molar-refractivity contribution in [1.29, 1.82) is 0 Å². The van der Waals surface area contributed by atoms with Gasteiger partial charge in [0.05, 0.1) is 30.4 Å². The summed E-state index contributed by atoms with van der Waals surface area (Å²) in [5.74, 6) is 0.476. The SMILES string of the molecule is CC[C-]1C(=O)OCc2c1cc1n(c2=O)Cc2c-1nc1cc(F)c(C)c3c1c2[C@@H](NC(=O)CCSC(C)C)CC3.[Mo]. The van der Waals surface area contributed by atoms with Crippen LogP contribution in [0.2, 0.25) is 0 Å². The summed E-state index contributed by atoms with van der Waals surface area (Å²) in [5, 5.41) is 4.58. The number of carbonyl (C=O) groups excluding carboxylic acids is 2. The van der Waals surface area contributed by atoms with Gasteiger partial charge in [-0.1, -0.05) is 33.1 Å². The van der Waals surface area contributed by atoms with E-state index in [4.69, 9.17) is 9.72 Å². The number of esters is 1. The molecule has 0 spiro atoms. The van der Waals surface area contributed by atoms with Crippen LogP contribution < -0.4 is 10.9 Å². The second-order valence-electron chi connectivity index (χ2n) is 10.8. The number of hydrogen-bond acceptors (Lipinski definition) is 6. The van der Waals surface area contributed by atoms with Gasteiger partial charge in [-0.2, -0.15) is 17.3 Å². The summed E-state index contributed by atoms with van der Waals surface area (Å²) in [4.78, 5) is 44.0. The van der Waals surface area contributed by atoms with Crippen LogP contribution in [0.3, 0.4) is 0 Å². The van der Waals surface area contributed by atoms with Crippen molar-refractivity contribution in [1.82, 2.24) is 14.9 Å². The Balaban J connectivity index is 0.00000323. The third kappa shape index (κ3) is 4.59. The van der Waals surface area contributed by atoms with E-state index in [0.717, 1.165) is 27.8 Å². The molecule has 1 aliphatic carbocycles. The fourth-order valence-electron chi connectivity index (χ4n) is 6.22. The zero-order valence-electron chi connectivity index (χ0n) is 23.0. The maximum atomic E-state index is 15.0. The minimum absolute atomic E-state index is 0. The molecule has 0 bridgehead atoms. The van der Waals surface area contributed by atoms with Gasteiger partial charge in [0.25, 0.3) is 5.97 Å². The number of ether oxygens (including phenoxy) is 1. The molecule has 40 heavy (non-hydrogen) atoms. The Morgan fingerprint density at radius 2 is 2.05 bits per heavy atom. The quantitative estimate of drug-likeness (QED) is 0.183. The van der Waals surface area contributed by atoms with E-state index in [2.05, 4.69) is 19.2 Å². The number of thioether (sulfide) groups is 1. The summed E-state index contributed by atoms with van der Waals surface area (Å²) in [6, 6.07) is 3.06. The van der Waals surface area contributed by atoms with E-state index in [1.807, 2.05) is 13.0 Å². The minimum atomic E-state index is -0.408. The van der Waals surface area contributed by atoms with E-state index in [1.54, 1.807) is 23.3 Å². The van der Waals surface area contributed by atoms with Crippen LogP contribution in [0.25, 0.3) is 22.3 Å². The number of halogens is 1. The number of pyridine rings is 2. The number of hydrogen-bond donors (Lipinski definition) is 1. The fraction of sp³-hybridized carbons (Fsp3) is 0.433. The average Bonchev–Trinajstić information content (AvgIpc) is 3.26. The van der Waals surface area contributed by atoms with Gasteiger partial charge >= 0.3 is 0 Å². The Morgan fingerprint density at radius 3 is 2.77 bits per heavy atom. The van der Waals surface area contributed by atoms with Gasteiger partial charge in [0, 0.05) is 55.9 Å². The van der Waals surface area contributed by atoms with E-state index < -0.39 is 5.97 Å². The van der Waals surface area contributed by atoms with Crippen molar-refractivity contribution in [2.75, 3.05) is 5.75 Å². The van der Waals surface area contributed by atoms with Crippen LogP contribution in [0.1, 0.15) is 79.5 Å². The number of rotatable bonds is 6. The molecular weight excluding hydrogens is 613 g/mol. The number of aromatic nitrogens is 2. The van der Waals surface area contributed by atoms with Crippen molar-refractivity contribution < 1.29 is 39.8 Å². The van der Waals surface area contributed by atoms with Gasteiger partial charge in [-0.25, -0.2) is 9.37 Å². The molecule has 6 rings (SSSR count). The number of cyclic esters (lactones) is 1. The van der Waals surface area contributed by atoms with Crippen LogP contribution in [-0.4, -0.2) is 32.4 Å². The van der Waals surface area contributed by atoms with Crippen LogP contribution in [0, 0.1) is 18.7 Å². The summed E-state index contributed by atoms with van der Waals surface area (Å²) >= 11 is 1.75. The number of fused-ring (bicyclic) bond motifs is 5. The first kappa shape index (κ1) is 28.9. The van der Waals surface area contributed by atoms with E-state index in [1.165, 1.54) is 6.07 Å². The minimum Gasteiger partial charge on any atom is -0.479 e. The molecule has 10 heteroatoms. The Hall–Kier alpha value is -2.64. The topological polar surface area (TPSA) is 90.3 Å². The Bertz CT molecular complexity index is 1620. The zero-order chi connectivity index (χ0) is 27.6. The Morgan fingerprint density at radius 1 is 1.27 bits per heavy atom. The third-order valence-electron chi connectivity index (χ3n) is 8.12. The molecule has 3 aliphatic rings. The van der Waals surface area contributed by atoms with Crippen molar-refractivity contribution in [3.05, 3.63) is 67.6 Å². The summed E-state index contributed by atoms with van der Waals surface area (Å²) in [5.41, 5.74) is 5.93. The average molecular weight is 645 g/mol. The maximum Gasteiger partial charge on any atom is 0.277 e. The van der Waals surface area contributed by atoms with Crippen LogP contribution in [0.15, 0.2) is 16.9 Å². The molecule has 1 atom stereocenters. The van der Waals surface area contributed by atoms with Crippen molar-refractivity contribution in [2.24, 2.45) is 0 Å². The molecule has 1 N–H and O–H groups in total. The molecule has 1 amide bonds.